The number of aryl methyl sites for hydroxylation is 2. The molecule has 1 aromatic heterocycles. The van der Waals surface area contributed by atoms with Gasteiger partial charge in [-0.1, -0.05) is 18.2 Å². The van der Waals surface area contributed by atoms with E-state index in [0.717, 1.165) is 11.4 Å². The average Bonchev–Trinajstić information content (AvgIpc) is 2.82. The summed E-state index contributed by atoms with van der Waals surface area (Å²) >= 11 is 0. The molecule has 1 heterocycles. The van der Waals surface area contributed by atoms with E-state index in [1.165, 1.54) is 11.1 Å². The summed E-state index contributed by atoms with van der Waals surface area (Å²) < 4.78 is 1.86. The zero-order valence-electron chi connectivity index (χ0n) is 12.7. The Morgan fingerprint density at radius 1 is 1.15 bits per heavy atom. The Morgan fingerprint density at radius 2 is 1.90 bits per heavy atom. The first-order valence-electron chi connectivity index (χ1n) is 7.10. The molecule has 0 amide bonds. The van der Waals surface area contributed by atoms with E-state index >= 15 is 0 Å². The summed E-state index contributed by atoms with van der Waals surface area (Å²) in [5.74, 6) is 0.844. The fraction of sp³-hybridized carbons (Fsp3) is 0.500. The maximum absolute atomic E-state index is 10.3. The molecule has 0 spiro atoms. The largest absolute Gasteiger partial charge is 0.392 e. The maximum Gasteiger partial charge on any atom is 0.138 e. The van der Waals surface area contributed by atoms with E-state index in [0.29, 0.717) is 12.8 Å². The third-order valence-corrected chi connectivity index (χ3v) is 3.60. The highest BCUT2D eigenvalue weighted by molar-refractivity contribution is 5.30. The molecule has 20 heavy (non-hydrogen) atoms. The highest BCUT2D eigenvalue weighted by Crippen LogP contribution is 2.14. The highest BCUT2D eigenvalue weighted by Gasteiger charge is 2.13. The topological polar surface area (TPSA) is 50.9 Å². The van der Waals surface area contributed by atoms with Gasteiger partial charge in [-0.25, -0.2) is 9.67 Å². The lowest BCUT2D eigenvalue weighted by atomic mass is 10.0. The zero-order chi connectivity index (χ0) is 14.7. The second-order valence-electron chi connectivity index (χ2n) is 5.70. The summed E-state index contributed by atoms with van der Waals surface area (Å²) in [6, 6.07) is 6.60. The van der Waals surface area contributed by atoms with E-state index in [4.69, 9.17) is 0 Å². The summed E-state index contributed by atoms with van der Waals surface area (Å²) in [4.78, 5) is 4.24. The molecule has 0 saturated carbocycles. The van der Waals surface area contributed by atoms with E-state index < -0.39 is 6.10 Å². The summed E-state index contributed by atoms with van der Waals surface area (Å²) in [7, 11) is 0. The number of benzene rings is 1. The monoisotopic (exact) mass is 273 g/mol. The molecule has 1 atom stereocenters. The Balaban J connectivity index is 2.03. The number of aromatic nitrogens is 3. The molecule has 1 aromatic carbocycles. The number of aliphatic hydroxyl groups is 1. The van der Waals surface area contributed by atoms with E-state index in [9.17, 15) is 5.11 Å². The molecule has 4 heteroatoms. The van der Waals surface area contributed by atoms with Crippen molar-refractivity contribution in [3.8, 4) is 0 Å². The fourth-order valence-corrected chi connectivity index (χ4v) is 2.34. The van der Waals surface area contributed by atoms with Crippen molar-refractivity contribution in [3.63, 3.8) is 0 Å². The van der Waals surface area contributed by atoms with Gasteiger partial charge in [-0.3, -0.25) is 0 Å². The maximum atomic E-state index is 10.3. The van der Waals surface area contributed by atoms with Crippen molar-refractivity contribution in [1.29, 1.82) is 0 Å². The van der Waals surface area contributed by atoms with Crippen LogP contribution in [0.25, 0.3) is 0 Å². The van der Waals surface area contributed by atoms with Gasteiger partial charge in [0.05, 0.1) is 6.10 Å². The van der Waals surface area contributed by atoms with Crippen LogP contribution in [0.5, 0.6) is 0 Å². The summed E-state index contributed by atoms with van der Waals surface area (Å²) in [6.07, 6.45) is 2.30. The van der Waals surface area contributed by atoms with Crippen LogP contribution in [-0.2, 0) is 12.8 Å². The van der Waals surface area contributed by atoms with Crippen LogP contribution in [0.1, 0.15) is 42.4 Å². The first-order valence-corrected chi connectivity index (χ1v) is 7.10. The molecule has 0 radical (unpaired) electrons. The molecule has 0 bridgehead atoms. The van der Waals surface area contributed by atoms with Crippen molar-refractivity contribution in [2.75, 3.05) is 0 Å². The SMILES string of the molecule is Cc1ccc(CC(O)Cc2ncnn2C(C)C)cc1C. The van der Waals surface area contributed by atoms with E-state index in [1.54, 1.807) is 6.33 Å². The lowest BCUT2D eigenvalue weighted by Crippen LogP contribution is -2.19. The molecule has 1 N–H and O–H groups in total. The number of hydrogen-bond acceptors (Lipinski definition) is 3. The molecule has 0 aliphatic carbocycles. The summed E-state index contributed by atoms with van der Waals surface area (Å²) in [6.45, 7) is 8.32. The van der Waals surface area contributed by atoms with Gasteiger partial charge in [-0.15, -0.1) is 0 Å². The standard InChI is InChI=1S/C16H23N3O/c1-11(2)19-16(17-10-18-19)9-15(20)8-14-6-5-12(3)13(4)7-14/h5-7,10-11,15,20H,8-9H2,1-4H3. The molecule has 108 valence electrons. The van der Waals surface area contributed by atoms with Crippen LogP contribution in [-0.4, -0.2) is 26.0 Å². The lowest BCUT2D eigenvalue weighted by Gasteiger charge is -2.14. The molecule has 0 fully saturated rings. The Labute approximate surface area is 120 Å². The van der Waals surface area contributed by atoms with Crippen molar-refractivity contribution in [1.82, 2.24) is 14.8 Å². The van der Waals surface area contributed by atoms with Crippen molar-refractivity contribution in [2.24, 2.45) is 0 Å². The van der Waals surface area contributed by atoms with Crippen LogP contribution in [0, 0.1) is 13.8 Å². The predicted octanol–water partition coefficient (Wildman–Crippen LogP) is 2.62. The first-order chi connectivity index (χ1) is 9.47. The van der Waals surface area contributed by atoms with Crippen LogP contribution < -0.4 is 0 Å². The lowest BCUT2D eigenvalue weighted by molar-refractivity contribution is 0.170. The Bertz CT molecular complexity index is 575. The van der Waals surface area contributed by atoms with Gasteiger partial charge in [0.2, 0.25) is 0 Å². The molecule has 0 aliphatic heterocycles. The van der Waals surface area contributed by atoms with E-state index in [1.807, 2.05) is 4.68 Å². The average molecular weight is 273 g/mol. The molecular weight excluding hydrogens is 250 g/mol. The van der Waals surface area contributed by atoms with Crippen molar-refractivity contribution in [2.45, 2.75) is 52.7 Å². The molecule has 1 unspecified atom stereocenters. The number of hydrogen-bond donors (Lipinski definition) is 1. The van der Waals surface area contributed by atoms with E-state index in [-0.39, 0.29) is 6.04 Å². The van der Waals surface area contributed by atoms with Crippen molar-refractivity contribution >= 4 is 0 Å². The first kappa shape index (κ1) is 14.7. The molecular formula is C16H23N3O. The van der Waals surface area contributed by atoms with Crippen molar-refractivity contribution in [3.05, 3.63) is 47.0 Å². The van der Waals surface area contributed by atoms with Crippen LogP contribution in [0.3, 0.4) is 0 Å². The molecule has 2 aromatic rings. The molecule has 0 aliphatic rings. The zero-order valence-corrected chi connectivity index (χ0v) is 12.7. The third kappa shape index (κ3) is 3.45. The van der Waals surface area contributed by atoms with Crippen LogP contribution in [0.15, 0.2) is 24.5 Å². The van der Waals surface area contributed by atoms with Crippen LogP contribution in [0.4, 0.5) is 0 Å². The highest BCUT2D eigenvalue weighted by atomic mass is 16.3. The van der Waals surface area contributed by atoms with Gasteiger partial charge in [0, 0.05) is 12.5 Å². The minimum absolute atomic E-state index is 0.265. The van der Waals surface area contributed by atoms with Crippen LogP contribution >= 0.6 is 0 Å². The third-order valence-electron chi connectivity index (χ3n) is 3.60. The Hall–Kier alpha value is -1.68. The molecule has 0 saturated heterocycles. The fourth-order valence-electron chi connectivity index (χ4n) is 2.34. The quantitative estimate of drug-likeness (QED) is 0.911. The van der Waals surface area contributed by atoms with E-state index in [2.05, 4.69) is 56.0 Å². The van der Waals surface area contributed by atoms with Gasteiger partial charge in [0.15, 0.2) is 0 Å². The number of nitrogens with zero attached hydrogens (tertiary/aromatic N) is 3. The Kier molecular flexibility index (Phi) is 4.55. The minimum atomic E-state index is -0.432. The molecule has 2 rings (SSSR count). The second kappa shape index (κ2) is 6.18. The van der Waals surface area contributed by atoms with Gasteiger partial charge in [-0.2, -0.15) is 5.10 Å². The predicted molar refractivity (Wildman–Crippen MR) is 79.7 cm³/mol. The number of aliphatic hydroxyl groups excluding tert-OH is 1. The van der Waals surface area contributed by atoms with Gasteiger partial charge >= 0.3 is 0 Å². The smallest absolute Gasteiger partial charge is 0.138 e. The summed E-state index contributed by atoms with van der Waals surface area (Å²) in [5.41, 5.74) is 3.71. The van der Waals surface area contributed by atoms with Gasteiger partial charge < -0.3 is 5.11 Å². The van der Waals surface area contributed by atoms with Crippen LogP contribution in [0.2, 0.25) is 0 Å². The second-order valence-corrected chi connectivity index (χ2v) is 5.70. The normalized spacial score (nSPS) is 12.9. The molecule has 4 nitrogen and oxygen atoms in total. The van der Waals surface area contributed by atoms with Gasteiger partial charge in [-0.05, 0) is 50.8 Å². The van der Waals surface area contributed by atoms with Gasteiger partial charge in [0.1, 0.15) is 12.2 Å². The Morgan fingerprint density at radius 3 is 2.55 bits per heavy atom. The van der Waals surface area contributed by atoms with Gasteiger partial charge in [0.25, 0.3) is 0 Å². The van der Waals surface area contributed by atoms with Crippen molar-refractivity contribution < 1.29 is 5.11 Å². The summed E-state index contributed by atoms with van der Waals surface area (Å²) in [5, 5.41) is 14.5. The number of rotatable bonds is 5. The minimum Gasteiger partial charge on any atom is -0.392 e.